The molecule has 47 heavy (non-hydrogen) atoms. The van der Waals surface area contributed by atoms with Crippen LogP contribution in [0.25, 0.3) is 0 Å². The Morgan fingerprint density at radius 2 is 1.81 bits per heavy atom. The van der Waals surface area contributed by atoms with Crippen molar-refractivity contribution in [2.24, 2.45) is 62.4 Å². The van der Waals surface area contributed by atoms with E-state index in [0.717, 1.165) is 44.2 Å². The zero-order valence-electron chi connectivity index (χ0n) is 30.4. The molecule has 0 amide bonds. The molecule has 0 aromatic rings. The number of aliphatic carboxylic acids is 1. The van der Waals surface area contributed by atoms with E-state index in [2.05, 4.69) is 53.8 Å². The highest BCUT2D eigenvalue weighted by molar-refractivity contribution is 6.00. The highest BCUT2D eigenvalue weighted by atomic mass is 16.6. The first-order valence-electron chi connectivity index (χ1n) is 18.2. The average Bonchev–Trinajstić information content (AvgIpc) is 2.97. The molecule has 4 fully saturated rings. The molecule has 0 aromatic carbocycles. The summed E-state index contributed by atoms with van der Waals surface area (Å²) >= 11 is 0. The third-order valence-electron chi connectivity index (χ3n) is 14.7. The van der Waals surface area contributed by atoms with Gasteiger partial charge in [0.1, 0.15) is 12.2 Å². The monoisotopic (exact) mass is 658 g/mol. The largest absolute Gasteiger partial charge is 0.481 e. The van der Waals surface area contributed by atoms with Gasteiger partial charge in [0.15, 0.2) is 5.78 Å². The van der Waals surface area contributed by atoms with Crippen molar-refractivity contribution < 1.29 is 33.7 Å². The molecular formula is C38H62N2O7. The summed E-state index contributed by atoms with van der Waals surface area (Å²) in [6.07, 6.45) is 5.79. The van der Waals surface area contributed by atoms with Crippen LogP contribution >= 0.6 is 0 Å². The molecule has 2 bridgehead atoms. The van der Waals surface area contributed by atoms with Gasteiger partial charge < -0.3 is 30.4 Å². The minimum absolute atomic E-state index is 0.0374. The molecule has 3 saturated carbocycles. The number of hydrogen-bond donors (Lipinski definition) is 3. The molecule has 0 aromatic heterocycles. The minimum Gasteiger partial charge on any atom is -0.481 e. The maximum absolute atomic E-state index is 14.8. The highest BCUT2D eigenvalue weighted by Crippen LogP contribution is 2.74. The van der Waals surface area contributed by atoms with Crippen LogP contribution in [0.5, 0.6) is 0 Å². The Bertz CT molecular complexity index is 1270. The van der Waals surface area contributed by atoms with Gasteiger partial charge in [0, 0.05) is 29.2 Å². The Morgan fingerprint density at radius 1 is 1.11 bits per heavy atom. The molecular weight excluding hydrogens is 596 g/mol. The molecule has 9 heteroatoms. The van der Waals surface area contributed by atoms with Gasteiger partial charge in [-0.25, -0.2) is 0 Å². The second-order valence-electron chi connectivity index (χ2n) is 17.3. The molecule has 4 aliphatic carbocycles. The first-order chi connectivity index (χ1) is 21.9. The number of nitrogens with one attached hydrogen (secondary N) is 1. The maximum Gasteiger partial charge on any atom is 0.308 e. The summed E-state index contributed by atoms with van der Waals surface area (Å²) in [5.74, 6) is -1.41. The van der Waals surface area contributed by atoms with Gasteiger partial charge in [0.05, 0.1) is 25.7 Å². The number of carbonyl (C=O) groups excluding carboxylic acids is 2. The Kier molecular flexibility index (Phi) is 9.95. The number of rotatable bonds is 11. The normalized spacial score (nSPS) is 44.0. The summed E-state index contributed by atoms with van der Waals surface area (Å²) in [4.78, 5) is 40.7. The number of carbonyl (C=O) groups is 3. The van der Waals surface area contributed by atoms with Crippen LogP contribution in [-0.4, -0.2) is 74.0 Å². The van der Waals surface area contributed by atoms with Crippen LogP contribution in [0.15, 0.2) is 11.6 Å². The van der Waals surface area contributed by atoms with E-state index in [1.54, 1.807) is 0 Å². The Balaban J connectivity index is 1.56. The third-order valence-corrected chi connectivity index (χ3v) is 14.7. The third kappa shape index (κ3) is 5.45. The van der Waals surface area contributed by atoms with Crippen LogP contribution < -0.4 is 11.1 Å². The molecule has 1 saturated heterocycles. The summed E-state index contributed by atoms with van der Waals surface area (Å²) in [6, 6.07) is 0.101. The van der Waals surface area contributed by atoms with Gasteiger partial charge in [-0.15, -0.1) is 0 Å². The topological polar surface area (TPSA) is 137 Å². The van der Waals surface area contributed by atoms with E-state index in [1.165, 1.54) is 6.92 Å². The summed E-state index contributed by atoms with van der Waals surface area (Å²) in [5.41, 5.74) is 3.76. The number of carboxylic acid groups (broad SMARTS) is 1. The zero-order chi connectivity index (χ0) is 34.7. The second kappa shape index (κ2) is 12.8. The smallest absolute Gasteiger partial charge is 0.308 e. The fraction of sp³-hybridized carbons (Fsp3) is 0.868. The standard InChI is InChI=1S/C38H62N2O7/c1-22(2)24(4)34(6)13-14-36(8)26-11-12-29-35(7)20-45-21-38(29,27(26)17-30(42)37(36,9)31(34)33(43)44)18-28(47-25(5)41)32(35)46-19-23(3)40-16-10-15-39/h17,22-24,26,28-29,31-32,40H,10-16,18-21,39H2,1-9H3,(H,43,44)/t23?,24-,26+,28-,29?,31-,32+,34-,35-,36-,37+,38+/m1/s1. The second-order valence-corrected chi connectivity index (χ2v) is 17.3. The van der Waals surface area contributed by atoms with Crippen LogP contribution in [0.4, 0.5) is 0 Å². The van der Waals surface area contributed by atoms with Gasteiger partial charge in [-0.05, 0) is 99.1 Å². The molecule has 266 valence electrons. The van der Waals surface area contributed by atoms with Crippen LogP contribution in [0.2, 0.25) is 0 Å². The number of ketones is 1. The quantitative estimate of drug-likeness (QED) is 0.197. The lowest BCUT2D eigenvalue weighted by Gasteiger charge is -2.70. The average molecular weight is 659 g/mol. The fourth-order valence-corrected chi connectivity index (χ4v) is 11.7. The van der Waals surface area contributed by atoms with Gasteiger partial charge in [0.2, 0.25) is 0 Å². The van der Waals surface area contributed by atoms with Gasteiger partial charge in [0.25, 0.3) is 0 Å². The van der Waals surface area contributed by atoms with Crippen molar-refractivity contribution in [1.82, 2.24) is 5.32 Å². The van der Waals surface area contributed by atoms with Gasteiger partial charge in [-0.2, -0.15) is 0 Å². The van der Waals surface area contributed by atoms with E-state index in [1.807, 2.05) is 13.0 Å². The molecule has 4 N–H and O–H groups in total. The molecule has 1 aliphatic heterocycles. The molecule has 0 radical (unpaired) electrons. The van der Waals surface area contributed by atoms with E-state index in [9.17, 15) is 19.5 Å². The summed E-state index contributed by atoms with van der Waals surface area (Å²) < 4.78 is 19.3. The Hall–Kier alpha value is -1.81. The molecule has 9 nitrogen and oxygen atoms in total. The molecule has 5 aliphatic rings. The predicted molar refractivity (Wildman–Crippen MR) is 180 cm³/mol. The predicted octanol–water partition coefficient (Wildman–Crippen LogP) is 5.40. The minimum atomic E-state index is -1.05. The van der Waals surface area contributed by atoms with Crippen molar-refractivity contribution in [2.75, 3.05) is 32.9 Å². The Labute approximate surface area is 282 Å². The Morgan fingerprint density at radius 3 is 2.43 bits per heavy atom. The molecule has 2 unspecified atom stereocenters. The number of carboxylic acids is 1. The number of fused-ring (bicyclic) bond motifs is 3. The highest BCUT2D eigenvalue weighted by Gasteiger charge is 2.74. The van der Waals surface area contributed by atoms with Gasteiger partial charge in [-0.3, -0.25) is 14.4 Å². The number of ether oxygens (including phenoxy) is 3. The SMILES string of the molecule is CC(=O)O[C@@H]1C[C@@]23COC[C@](C)(C2CC[C@H]2C3=CC(=O)[C@@]3(C)[C@H](C(=O)O)[C@@](C)([C@H](C)C(C)C)CC[C@]23C)[C@H]1OCC(C)NCCCN. The van der Waals surface area contributed by atoms with Crippen LogP contribution in [-0.2, 0) is 28.6 Å². The van der Waals surface area contributed by atoms with Crippen molar-refractivity contribution in [3.63, 3.8) is 0 Å². The number of allylic oxidation sites excluding steroid dienone is 1. The summed E-state index contributed by atoms with van der Waals surface area (Å²) in [6.45, 7) is 21.4. The molecule has 1 heterocycles. The first-order valence-corrected chi connectivity index (χ1v) is 18.2. The molecule has 0 spiro atoms. The van der Waals surface area contributed by atoms with Crippen molar-refractivity contribution in [2.45, 2.75) is 119 Å². The van der Waals surface area contributed by atoms with Crippen LogP contribution in [0, 0.1) is 56.7 Å². The van der Waals surface area contributed by atoms with Crippen molar-refractivity contribution in [3.05, 3.63) is 11.6 Å². The van der Waals surface area contributed by atoms with E-state index in [4.69, 9.17) is 19.9 Å². The summed E-state index contributed by atoms with van der Waals surface area (Å²) in [5, 5.41) is 14.4. The van der Waals surface area contributed by atoms with E-state index >= 15 is 0 Å². The number of hydrogen-bond acceptors (Lipinski definition) is 8. The van der Waals surface area contributed by atoms with Crippen LogP contribution in [0.1, 0.15) is 101 Å². The fourth-order valence-electron chi connectivity index (χ4n) is 11.7. The van der Waals surface area contributed by atoms with E-state index in [0.29, 0.717) is 38.7 Å². The van der Waals surface area contributed by atoms with Crippen LogP contribution in [0.3, 0.4) is 0 Å². The number of nitrogens with two attached hydrogens (primary N) is 1. The lowest BCUT2D eigenvalue weighted by atomic mass is 9.34. The van der Waals surface area contributed by atoms with Crippen molar-refractivity contribution in [1.29, 1.82) is 0 Å². The number of esters is 1. The zero-order valence-corrected chi connectivity index (χ0v) is 30.4. The van der Waals surface area contributed by atoms with E-state index < -0.39 is 45.1 Å². The first kappa shape index (κ1) is 36.5. The summed E-state index contributed by atoms with van der Waals surface area (Å²) in [7, 11) is 0. The van der Waals surface area contributed by atoms with Gasteiger partial charge in [-0.1, -0.05) is 54.0 Å². The molecule has 12 atom stereocenters. The molecule has 5 rings (SSSR count). The maximum atomic E-state index is 14.8. The lowest BCUT2D eigenvalue weighted by Crippen LogP contribution is -2.71. The van der Waals surface area contributed by atoms with Gasteiger partial charge >= 0.3 is 11.9 Å². The lowest BCUT2D eigenvalue weighted by molar-refractivity contribution is -0.266. The van der Waals surface area contributed by atoms with E-state index in [-0.39, 0.29) is 41.7 Å². The van der Waals surface area contributed by atoms with Crippen molar-refractivity contribution >= 4 is 17.7 Å². The van der Waals surface area contributed by atoms with Crippen molar-refractivity contribution in [3.8, 4) is 0 Å².